The van der Waals surface area contributed by atoms with Crippen molar-refractivity contribution in [3.05, 3.63) is 70.2 Å². The molecule has 5 nitrogen and oxygen atoms in total. The number of ether oxygens (including phenoxy) is 2. The number of fused-ring (bicyclic) bond motifs is 1. The van der Waals surface area contributed by atoms with Gasteiger partial charge in [0.1, 0.15) is 0 Å². The third-order valence-corrected chi connectivity index (χ3v) is 5.06. The molecule has 0 aromatic heterocycles. The molecule has 4 rings (SSSR count). The van der Waals surface area contributed by atoms with Gasteiger partial charge >= 0.3 is 0 Å². The zero-order valence-electron chi connectivity index (χ0n) is 14.1. The highest BCUT2D eigenvalue weighted by Gasteiger charge is 2.40. The van der Waals surface area contributed by atoms with Crippen LogP contribution in [-0.2, 0) is 15.3 Å². The second kappa shape index (κ2) is 6.83. The van der Waals surface area contributed by atoms with Crippen LogP contribution < -0.4 is 0 Å². The summed E-state index contributed by atoms with van der Waals surface area (Å²) in [6.07, 6.45) is 1.12. The van der Waals surface area contributed by atoms with Crippen molar-refractivity contribution in [3.63, 3.8) is 0 Å². The van der Waals surface area contributed by atoms with Gasteiger partial charge in [-0.2, -0.15) is 0 Å². The molecule has 1 fully saturated rings. The molecular formula is C20H18ClNO4. The Labute approximate surface area is 156 Å². The van der Waals surface area contributed by atoms with Gasteiger partial charge in [0, 0.05) is 23.6 Å². The fourth-order valence-corrected chi connectivity index (χ4v) is 3.65. The van der Waals surface area contributed by atoms with Crippen molar-refractivity contribution in [2.45, 2.75) is 18.6 Å². The van der Waals surface area contributed by atoms with E-state index >= 15 is 0 Å². The van der Waals surface area contributed by atoms with Crippen molar-refractivity contribution < 1.29 is 19.1 Å². The first kappa shape index (κ1) is 17.2. The highest BCUT2D eigenvalue weighted by molar-refractivity contribution is 6.30. The van der Waals surface area contributed by atoms with Crippen molar-refractivity contribution in [1.82, 2.24) is 4.90 Å². The van der Waals surface area contributed by atoms with E-state index in [0.29, 0.717) is 48.7 Å². The monoisotopic (exact) mass is 371 g/mol. The van der Waals surface area contributed by atoms with E-state index in [1.165, 1.54) is 4.90 Å². The van der Waals surface area contributed by atoms with Gasteiger partial charge < -0.3 is 9.47 Å². The molecule has 0 saturated carbocycles. The fourth-order valence-electron chi connectivity index (χ4n) is 3.53. The Morgan fingerprint density at radius 2 is 1.50 bits per heavy atom. The summed E-state index contributed by atoms with van der Waals surface area (Å²) in [5.41, 5.74) is 1.83. The lowest BCUT2D eigenvalue weighted by atomic mass is 10.0. The standard InChI is InChI=1S/C20H18ClNO4/c21-15-8-6-14(7-9-15)20(25-12-13-26-20)10-3-11-22-18(23)16-4-1-2-5-17(16)19(22)24/h1-2,4-9H,3,10-13H2. The molecule has 2 heterocycles. The topological polar surface area (TPSA) is 55.8 Å². The van der Waals surface area contributed by atoms with Crippen molar-refractivity contribution in [2.24, 2.45) is 0 Å². The van der Waals surface area contributed by atoms with Crippen LogP contribution in [-0.4, -0.2) is 36.5 Å². The SMILES string of the molecule is O=C1c2ccccc2C(=O)N1CCCC1(c2ccc(Cl)cc2)OCCO1. The van der Waals surface area contributed by atoms with Crippen LogP contribution in [0.1, 0.15) is 39.1 Å². The molecule has 2 aliphatic heterocycles. The molecule has 1 saturated heterocycles. The first-order valence-corrected chi connectivity index (χ1v) is 8.98. The van der Waals surface area contributed by atoms with E-state index in [-0.39, 0.29) is 11.8 Å². The summed E-state index contributed by atoms with van der Waals surface area (Å²) in [6.45, 7) is 1.35. The molecule has 0 spiro atoms. The number of hydrogen-bond acceptors (Lipinski definition) is 4. The number of imide groups is 1. The minimum atomic E-state index is -0.844. The summed E-state index contributed by atoms with van der Waals surface area (Å²) in [5.74, 6) is -1.32. The quantitative estimate of drug-likeness (QED) is 0.753. The molecule has 134 valence electrons. The van der Waals surface area contributed by atoms with Crippen LogP contribution in [0.3, 0.4) is 0 Å². The molecule has 2 aromatic carbocycles. The van der Waals surface area contributed by atoms with Gasteiger partial charge in [0.05, 0.1) is 24.3 Å². The third kappa shape index (κ3) is 2.92. The molecule has 2 aliphatic rings. The van der Waals surface area contributed by atoms with E-state index in [1.807, 2.05) is 12.1 Å². The maximum atomic E-state index is 12.4. The predicted octanol–water partition coefficient (Wildman–Crippen LogP) is 3.62. The minimum Gasteiger partial charge on any atom is -0.343 e. The summed E-state index contributed by atoms with van der Waals surface area (Å²) >= 11 is 5.97. The first-order valence-electron chi connectivity index (χ1n) is 8.60. The Morgan fingerprint density at radius 1 is 0.923 bits per heavy atom. The van der Waals surface area contributed by atoms with E-state index in [9.17, 15) is 9.59 Å². The molecule has 0 bridgehead atoms. The third-order valence-electron chi connectivity index (χ3n) is 4.80. The molecule has 0 radical (unpaired) electrons. The zero-order chi connectivity index (χ0) is 18.1. The zero-order valence-corrected chi connectivity index (χ0v) is 14.9. The average molecular weight is 372 g/mol. The Balaban J connectivity index is 1.46. The van der Waals surface area contributed by atoms with Crippen LogP contribution in [0.25, 0.3) is 0 Å². The van der Waals surface area contributed by atoms with Crippen LogP contribution in [0, 0.1) is 0 Å². The van der Waals surface area contributed by atoms with E-state index in [1.54, 1.807) is 36.4 Å². The number of amides is 2. The Bertz CT molecular complexity index is 808. The van der Waals surface area contributed by atoms with Gasteiger partial charge in [0.2, 0.25) is 0 Å². The van der Waals surface area contributed by atoms with E-state index < -0.39 is 5.79 Å². The van der Waals surface area contributed by atoms with Crippen LogP contribution in [0.4, 0.5) is 0 Å². The normalized spacial score (nSPS) is 18.4. The number of carbonyl (C=O) groups is 2. The van der Waals surface area contributed by atoms with Gasteiger partial charge in [0.25, 0.3) is 11.8 Å². The molecular weight excluding hydrogens is 354 g/mol. The van der Waals surface area contributed by atoms with Crippen LogP contribution >= 0.6 is 11.6 Å². The Hall–Kier alpha value is -2.21. The number of benzene rings is 2. The van der Waals surface area contributed by atoms with Crippen LogP contribution in [0.5, 0.6) is 0 Å². The fraction of sp³-hybridized carbons (Fsp3) is 0.300. The average Bonchev–Trinajstić information content (AvgIpc) is 3.23. The molecule has 2 aromatic rings. The second-order valence-electron chi connectivity index (χ2n) is 6.37. The van der Waals surface area contributed by atoms with Gasteiger partial charge in [-0.25, -0.2) is 0 Å². The number of halogens is 1. The Morgan fingerprint density at radius 3 is 2.08 bits per heavy atom. The maximum absolute atomic E-state index is 12.4. The van der Waals surface area contributed by atoms with E-state index in [0.717, 1.165) is 5.56 Å². The molecule has 0 N–H and O–H groups in total. The minimum absolute atomic E-state index is 0.237. The summed E-state index contributed by atoms with van der Waals surface area (Å²) in [6, 6.07) is 14.3. The van der Waals surface area contributed by atoms with Gasteiger partial charge in [0.15, 0.2) is 5.79 Å². The van der Waals surface area contributed by atoms with Gasteiger partial charge in [-0.3, -0.25) is 14.5 Å². The van der Waals surface area contributed by atoms with Gasteiger partial charge in [-0.1, -0.05) is 35.9 Å². The largest absolute Gasteiger partial charge is 0.343 e. The lowest BCUT2D eigenvalue weighted by Gasteiger charge is -2.28. The molecule has 0 atom stereocenters. The predicted molar refractivity (Wildman–Crippen MR) is 96.1 cm³/mol. The van der Waals surface area contributed by atoms with Crippen molar-refractivity contribution >= 4 is 23.4 Å². The van der Waals surface area contributed by atoms with Crippen molar-refractivity contribution in [1.29, 1.82) is 0 Å². The smallest absolute Gasteiger partial charge is 0.261 e. The summed E-state index contributed by atoms with van der Waals surface area (Å²) in [5, 5.41) is 0.646. The van der Waals surface area contributed by atoms with Crippen molar-refractivity contribution in [2.75, 3.05) is 19.8 Å². The van der Waals surface area contributed by atoms with Crippen LogP contribution in [0.15, 0.2) is 48.5 Å². The highest BCUT2D eigenvalue weighted by atomic mass is 35.5. The molecule has 2 amide bonds. The second-order valence-corrected chi connectivity index (χ2v) is 6.80. The molecule has 6 heteroatoms. The number of carbonyl (C=O) groups excluding carboxylic acids is 2. The maximum Gasteiger partial charge on any atom is 0.261 e. The summed E-state index contributed by atoms with van der Waals surface area (Å²) in [4.78, 5) is 26.2. The lowest BCUT2D eigenvalue weighted by Crippen LogP contribution is -2.33. The van der Waals surface area contributed by atoms with Gasteiger partial charge in [-0.05, 0) is 30.7 Å². The lowest BCUT2D eigenvalue weighted by molar-refractivity contribution is -0.171. The van der Waals surface area contributed by atoms with E-state index in [2.05, 4.69) is 0 Å². The van der Waals surface area contributed by atoms with Crippen LogP contribution in [0.2, 0.25) is 5.02 Å². The first-order chi connectivity index (χ1) is 12.6. The summed E-state index contributed by atoms with van der Waals surface area (Å²) < 4.78 is 11.8. The van der Waals surface area contributed by atoms with Crippen molar-refractivity contribution in [3.8, 4) is 0 Å². The van der Waals surface area contributed by atoms with Gasteiger partial charge in [-0.15, -0.1) is 0 Å². The van der Waals surface area contributed by atoms with E-state index in [4.69, 9.17) is 21.1 Å². The molecule has 0 aliphatic carbocycles. The Kier molecular flexibility index (Phi) is 4.53. The number of hydrogen-bond donors (Lipinski definition) is 0. The molecule has 0 unspecified atom stereocenters. The number of rotatable bonds is 5. The number of nitrogens with zero attached hydrogens (tertiary/aromatic N) is 1. The molecule has 26 heavy (non-hydrogen) atoms. The highest BCUT2D eigenvalue weighted by Crippen LogP contribution is 2.37. The summed E-state index contributed by atoms with van der Waals surface area (Å²) in [7, 11) is 0.